The summed E-state index contributed by atoms with van der Waals surface area (Å²) in [5.41, 5.74) is 18.1. The number of amides is 2. The van der Waals surface area contributed by atoms with E-state index in [1.54, 1.807) is 0 Å². The molecule has 2 amide bonds. The van der Waals surface area contributed by atoms with Gasteiger partial charge in [-0.15, -0.1) is 0 Å². The van der Waals surface area contributed by atoms with Crippen molar-refractivity contribution < 1.29 is 14.5 Å². The molecule has 0 bridgehead atoms. The smallest absolute Gasteiger partial charge is 0.248 e. The topological polar surface area (TPSA) is 119 Å². The molecule has 0 unspecified atom stereocenters. The Labute approximate surface area is 156 Å². The molecule has 0 radical (unpaired) electrons. The molecule has 0 spiro atoms. The van der Waals surface area contributed by atoms with Crippen LogP contribution in [0, 0.1) is 0 Å². The van der Waals surface area contributed by atoms with Gasteiger partial charge < -0.3 is 11.5 Å². The second-order valence-electron chi connectivity index (χ2n) is 5.34. The highest BCUT2D eigenvalue weighted by Crippen LogP contribution is 2.07. The number of benzene rings is 3. The molecule has 3 rings (SSSR count). The zero-order chi connectivity index (χ0) is 19.5. The zero-order valence-corrected chi connectivity index (χ0v) is 14.5. The van der Waals surface area contributed by atoms with Gasteiger partial charge in [0.15, 0.2) is 0 Å². The Hall–Kier alpha value is -3.84. The Kier molecular flexibility index (Phi) is 7.37. The lowest BCUT2D eigenvalue weighted by atomic mass is 10.1. The summed E-state index contributed by atoms with van der Waals surface area (Å²) in [4.78, 5) is 26.3. The molecule has 6 N–H and O–H groups in total. The standard InChI is InChI=1S/C12H12N2O.C8H8N2O2/c1-3-7-11(8-4-1)13-15-14-12-9-5-2-6-10-12;9-7(11)5-1-2-6(4-3-5)8(10)12/h1-10,13-14H;1-4H,(H2,9,11)(H2,10,12). The number of anilines is 2. The van der Waals surface area contributed by atoms with Crippen molar-refractivity contribution in [3.8, 4) is 0 Å². The first-order chi connectivity index (χ1) is 13.1. The second kappa shape index (κ2) is 10.2. The molecule has 0 aliphatic rings. The lowest BCUT2D eigenvalue weighted by Gasteiger charge is -2.07. The van der Waals surface area contributed by atoms with Crippen molar-refractivity contribution in [3.05, 3.63) is 96.1 Å². The monoisotopic (exact) mass is 364 g/mol. The van der Waals surface area contributed by atoms with Crippen LogP contribution in [-0.2, 0) is 4.94 Å². The van der Waals surface area contributed by atoms with E-state index in [1.807, 2.05) is 60.7 Å². The summed E-state index contributed by atoms with van der Waals surface area (Å²) in [7, 11) is 0. The number of hydrogen-bond donors (Lipinski definition) is 4. The highest BCUT2D eigenvalue weighted by Gasteiger charge is 2.02. The van der Waals surface area contributed by atoms with Crippen LogP contribution in [0.5, 0.6) is 0 Å². The van der Waals surface area contributed by atoms with Crippen molar-refractivity contribution >= 4 is 23.2 Å². The fraction of sp³-hybridized carbons (Fsp3) is 0. The van der Waals surface area contributed by atoms with Crippen LogP contribution in [0.25, 0.3) is 0 Å². The number of carbonyl (C=O) groups is 2. The minimum Gasteiger partial charge on any atom is -0.366 e. The van der Waals surface area contributed by atoms with Gasteiger partial charge in [0.2, 0.25) is 11.8 Å². The third kappa shape index (κ3) is 6.89. The van der Waals surface area contributed by atoms with E-state index < -0.39 is 11.8 Å². The molecular weight excluding hydrogens is 344 g/mol. The minimum absolute atomic E-state index is 0.361. The van der Waals surface area contributed by atoms with Crippen molar-refractivity contribution in [2.45, 2.75) is 0 Å². The van der Waals surface area contributed by atoms with Gasteiger partial charge in [-0.2, -0.15) is 4.94 Å². The number of hydrogen-bond acceptors (Lipinski definition) is 5. The van der Waals surface area contributed by atoms with Crippen molar-refractivity contribution in [3.63, 3.8) is 0 Å². The van der Waals surface area contributed by atoms with Crippen molar-refractivity contribution in [2.75, 3.05) is 11.0 Å². The Balaban J connectivity index is 0.000000199. The largest absolute Gasteiger partial charge is 0.366 e. The molecule has 27 heavy (non-hydrogen) atoms. The van der Waals surface area contributed by atoms with Gasteiger partial charge in [0.05, 0.1) is 11.4 Å². The molecule has 3 aromatic rings. The molecular formula is C20H20N4O3. The van der Waals surface area contributed by atoms with E-state index in [4.69, 9.17) is 16.4 Å². The maximum atomic E-state index is 10.6. The van der Waals surface area contributed by atoms with Gasteiger partial charge >= 0.3 is 0 Å². The van der Waals surface area contributed by atoms with Gasteiger partial charge in [-0.25, -0.2) is 11.0 Å². The third-order valence-corrected chi connectivity index (χ3v) is 3.34. The van der Waals surface area contributed by atoms with Gasteiger partial charge in [-0.05, 0) is 48.5 Å². The Bertz CT molecular complexity index is 781. The van der Waals surface area contributed by atoms with Gasteiger partial charge in [0.25, 0.3) is 0 Å². The molecule has 0 heterocycles. The molecule has 0 aromatic heterocycles. The van der Waals surface area contributed by atoms with E-state index in [0.717, 1.165) is 11.4 Å². The number of para-hydroxylation sites is 2. The molecule has 7 nitrogen and oxygen atoms in total. The molecule has 0 aliphatic carbocycles. The Morgan fingerprint density at radius 3 is 1.22 bits per heavy atom. The molecule has 7 heteroatoms. The maximum absolute atomic E-state index is 10.6. The van der Waals surface area contributed by atoms with E-state index in [0.29, 0.717) is 11.1 Å². The van der Waals surface area contributed by atoms with Crippen LogP contribution in [0.1, 0.15) is 20.7 Å². The quantitative estimate of drug-likeness (QED) is 0.501. The Morgan fingerprint density at radius 1 is 0.593 bits per heavy atom. The Morgan fingerprint density at radius 2 is 0.926 bits per heavy atom. The average Bonchev–Trinajstić information content (AvgIpc) is 2.70. The van der Waals surface area contributed by atoms with Crippen LogP contribution in [0.15, 0.2) is 84.9 Å². The van der Waals surface area contributed by atoms with E-state index in [2.05, 4.69) is 11.0 Å². The van der Waals surface area contributed by atoms with Crippen LogP contribution in [0.4, 0.5) is 11.4 Å². The summed E-state index contributed by atoms with van der Waals surface area (Å²) in [5.74, 6) is -1.04. The van der Waals surface area contributed by atoms with Crippen LogP contribution in [0.2, 0.25) is 0 Å². The summed E-state index contributed by atoms with van der Waals surface area (Å²) >= 11 is 0. The zero-order valence-electron chi connectivity index (χ0n) is 14.5. The number of primary amides is 2. The summed E-state index contributed by atoms with van der Waals surface area (Å²) in [6, 6.07) is 25.2. The van der Waals surface area contributed by atoms with Crippen LogP contribution in [-0.4, -0.2) is 11.8 Å². The number of rotatable bonds is 6. The third-order valence-electron chi connectivity index (χ3n) is 3.34. The van der Waals surface area contributed by atoms with Crippen molar-refractivity contribution in [1.82, 2.24) is 0 Å². The minimum atomic E-state index is -0.522. The molecule has 0 atom stereocenters. The van der Waals surface area contributed by atoms with E-state index in [1.165, 1.54) is 24.3 Å². The predicted octanol–water partition coefficient (Wildman–Crippen LogP) is 2.94. The molecule has 138 valence electrons. The van der Waals surface area contributed by atoms with E-state index in [-0.39, 0.29) is 0 Å². The van der Waals surface area contributed by atoms with E-state index in [9.17, 15) is 9.59 Å². The van der Waals surface area contributed by atoms with Crippen molar-refractivity contribution in [1.29, 1.82) is 0 Å². The van der Waals surface area contributed by atoms with Gasteiger partial charge in [0, 0.05) is 11.1 Å². The molecule has 0 saturated heterocycles. The average molecular weight is 364 g/mol. The number of nitrogens with two attached hydrogens (primary N) is 2. The van der Waals surface area contributed by atoms with Crippen LogP contribution >= 0.6 is 0 Å². The predicted molar refractivity (Wildman–Crippen MR) is 105 cm³/mol. The van der Waals surface area contributed by atoms with Gasteiger partial charge in [0.1, 0.15) is 0 Å². The van der Waals surface area contributed by atoms with Gasteiger partial charge in [-0.1, -0.05) is 36.4 Å². The lowest BCUT2D eigenvalue weighted by molar-refractivity contribution is 0.0988. The fourth-order valence-electron chi connectivity index (χ4n) is 1.95. The van der Waals surface area contributed by atoms with Crippen LogP contribution < -0.4 is 22.4 Å². The summed E-state index contributed by atoms with van der Waals surface area (Å²) in [6.07, 6.45) is 0. The van der Waals surface area contributed by atoms with E-state index >= 15 is 0 Å². The first-order valence-electron chi connectivity index (χ1n) is 8.04. The second-order valence-corrected chi connectivity index (χ2v) is 5.34. The summed E-state index contributed by atoms with van der Waals surface area (Å²) < 4.78 is 0. The highest BCUT2D eigenvalue weighted by atomic mass is 16.8. The molecule has 3 aromatic carbocycles. The summed E-state index contributed by atoms with van der Waals surface area (Å²) in [6.45, 7) is 0. The normalized spacial score (nSPS) is 9.48. The fourth-order valence-corrected chi connectivity index (χ4v) is 1.95. The number of nitrogens with one attached hydrogen (secondary N) is 2. The first kappa shape index (κ1) is 19.5. The number of carbonyl (C=O) groups excluding carboxylic acids is 2. The van der Waals surface area contributed by atoms with Crippen LogP contribution in [0.3, 0.4) is 0 Å². The molecule has 0 saturated carbocycles. The summed E-state index contributed by atoms with van der Waals surface area (Å²) in [5, 5.41) is 0. The first-order valence-corrected chi connectivity index (χ1v) is 8.04. The lowest BCUT2D eigenvalue weighted by Crippen LogP contribution is -2.13. The SMILES string of the molecule is NC(=O)c1ccc(C(N)=O)cc1.c1ccc(NONc2ccccc2)cc1. The highest BCUT2D eigenvalue weighted by molar-refractivity contribution is 5.96. The molecule has 0 aliphatic heterocycles. The van der Waals surface area contributed by atoms with Crippen molar-refractivity contribution in [2.24, 2.45) is 11.5 Å². The molecule has 0 fully saturated rings. The maximum Gasteiger partial charge on any atom is 0.248 e. The van der Waals surface area contributed by atoms with Gasteiger partial charge in [-0.3, -0.25) is 9.59 Å².